The minimum Gasteiger partial charge on any atom is -0.377 e. The van der Waals surface area contributed by atoms with Crippen LogP contribution in [0.5, 0.6) is 0 Å². The highest BCUT2D eigenvalue weighted by atomic mass is 32.1. The van der Waals surface area contributed by atoms with Gasteiger partial charge in [0.2, 0.25) is 10.9 Å². The second-order valence-electron chi connectivity index (χ2n) is 6.19. The standard InChI is InChI=1S/C14H14F6N4O2S/c1-26-6-9-22-24-11(14(18,19)20)8(21-12(24)27-9)5-23-4-7(2-10(23)25)3-13(15,16)17/h7H,2-6H2,1H3. The molecule has 0 aromatic carbocycles. The summed E-state index contributed by atoms with van der Waals surface area (Å²) in [6.07, 6.45) is -10.7. The van der Waals surface area contributed by atoms with Crippen molar-refractivity contribution in [2.45, 2.75) is 38.3 Å². The molecule has 3 heterocycles. The summed E-state index contributed by atoms with van der Waals surface area (Å²) in [5.41, 5.74) is -1.57. The summed E-state index contributed by atoms with van der Waals surface area (Å²) in [7, 11) is 1.37. The van der Waals surface area contributed by atoms with E-state index in [0.29, 0.717) is 9.52 Å². The van der Waals surface area contributed by atoms with E-state index in [4.69, 9.17) is 4.74 Å². The maximum absolute atomic E-state index is 13.5. The number of likely N-dealkylation sites (tertiary alicyclic amines) is 1. The molecule has 0 bridgehead atoms. The van der Waals surface area contributed by atoms with Gasteiger partial charge in [-0.15, -0.1) is 0 Å². The zero-order chi connectivity index (χ0) is 20.0. The van der Waals surface area contributed by atoms with Gasteiger partial charge in [0.25, 0.3) is 0 Å². The van der Waals surface area contributed by atoms with Crippen LogP contribution in [0.2, 0.25) is 0 Å². The zero-order valence-corrected chi connectivity index (χ0v) is 14.7. The molecule has 0 aliphatic carbocycles. The molecule has 0 saturated carbocycles. The second-order valence-corrected chi connectivity index (χ2v) is 7.23. The van der Waals surface area contributed by atoms with Crippen molar-refractivity contribution in [1.82, 2.24) is 19.5 Å². The largest absolute Gasteiger partial charge is 0.435 e. The smallest absolute Gasteiger partial charge is 0.377 e. The molecule has 0 N–H and O–H groups in total. The third-order valence-electron chi connectivity index (χ3n) is 4.01. The minimum atomic E-state index is -4.79. The van der Waals surface area contributed by atoms with Crippen LogP contribution in [-0.2, 0) is 28.9 Å². The Kier molecular flexibility index (Phi) is 5.10. The average Bonchev–Trinajstić information content (AvgIpc) is 3.09. The van der Waals surface area contributed by atoms with E-state index >= 15 is 0 Å². The monoisotopic (exact) mass is 416 g/mol. The number of ether oxygens (including phenoxy) is 1. The van der Waals surface area contributed by atoms with Crippen LogP contribution >= 0.6 is 11.3 Å². The number of carbonyl (C=O) groups is 1. The molecule has 1 aliphatic rings. The lowest BCUT2D eigenvalue weighted by Gasteiger charge is -2.17. The van der Waals surface area contributed by atoms with Crippen molar-refractivity contribution < 1.29 is 35.9 Å². The summed E-state index contributed by atoms with van der Waals surface area (Å²) in [6.45, 7) is -0.759. The van der Waals surface area contributed by atoms with Gasteiger partial charge in [-0.1, -0.05) is 11.3 Å². The Morgan fingerprint density at radius 3 is 2.56 bits per heavy atom. The maximum Gasteiger partial charge on any atom is 0.435 e. The van der Waals surface area contributed by atoms with Crippen molar-refractivity contribution in [1.29, 1.82) is 0 Å². The van der Waals surface area contributed by atoms with Crippen molar-refractivity contribution in [3.63, 3.8) is 0 Å². The summed E-state index contributed by atoms with van der Waals surface area (Å²) in [6, 6.07) is 0. The first-order chi connectivity index (χ1) is 12.5. The molecule has 27 heavy (non-hydrogen) atoms. The van der Waals surface area contributed by atoms with Gasteiger partial charge >= 0.3 is 12.4 Å². The molecular formula is C14H14F6N4O2S. The Morgan fingerprint density at radius 2 is 1.96 bits per heavy atom. The van der Waals surface area contributed by atoms with Crippen LogP contribution in [0.3, 0.4) is 0 Å². The number of halogens is 6. The topological polar surface area (TPSA) is 59.7 Å². The molecule has 150 valence electrons. The number of fused-ring (bicyclic) bond motifs is 1. The van der Waals surface area contributed by atoms with E-state index in [-0.39, 0.29) is 24.5 Å². The molecule has 0 radical (unpaired) electrons. The van der Waals surface area contributed by atoms with E-state index in [1.807, 2.05) is 0 Å². The molecule has 2 aromatic heterocycles. The lowest BCUT2D eigenvalue weighted by atomic mass is 10.1. The molecule has 1 fully saturated rings. The van der Waals surface area contributed by atoms with Gasteiger partial charge in [0.05, 0.1) is 18.8 Å². The highest BCUT2D eigenvalue weighted by Gasteiger charge is 2.42. The molecule has 2 aromatic rings. The number of methoxy groups -OCH3 is 1. The van der Waals surface area contributed by atoms with Crippen LogP contribution in [0.4, 0.5) is 26.3 Å². The van der Waals surface area contributed by atoms with Crippen LogP contribution in [0.25, 0.3) is 4.96 Å². The van der Waals surface area contributed by atoms with Crippen molar-refractivity contribution in [3.8, 4) is 0 Å². The van der Waals surface area contributed by atoms with Gasteiger partial charge in [-0.2, -0.15) is 36.0 Å². The van der Waals surface area contributed by atoms with E-state index in [1.54, 1.807) is 0 Å². The van der Waals surface area contributed by atoms with Gasteiger partial charge in [0.15, 0.2) is 5.69 Å². The number of amides is 1. The number of hydrogen-bond acceptors (Lipinski definition) is 5. The van der Waals surface area contributed by atoms with Crippen LogP contribution < -0.4 is 0 Å². The number of hydrogen-bond donors (Lipinski definition) is 0. The van der Waals surface area contributed by atoms with Gasteiger partial charge in [-0.3, -0.25) is 4.79 Å². The van der Waals surface area contributed by atoms with Crippen LogP contribution in [0, 0.1) is 5.92 Å². The Bertz CT molecular complexity index is 843. The number of carbonyl (C=O) groups excluding carboxylic acids is 1. The molecule has 1 amide bonds. The van der Waals surface area contributed by atoms with Gasteiger partial charge < -0.3 is 9.64 Å². The lowest BCUT2D eigenvalue weighted by molar-refractivity contribution is -0.144. The van der Waals surface area contributed by atoms with Gasteiger partial charge in [0, 0.05) is 26.5 Å². The summed E-state index contributed by atoms with van der Waals surface area (Å²) >= 11 is 0.904. The molecule has 1 saturated heterocycles. The first-order valence-corrected chi connectivity index (χ1v) is 8.57. The highest BCUT2D eigenvalue weighted by Crippen LogP contribution is 2.36. The summed E-state index contributed by atoms with van der Waals surface area (Å²) in [5.74, 6) is -1.59. The van der Waals surface area contributed by atoms with E-state index in [2.05, 4.69) is 10.1 Å². The SMILES string of the molecule is COCc1nn2c(C(F)(F)F)c(CN3CC(CC(F)(F)F)CC3=O)nc2s1. The van der Waals surface area contributed by atoms with Crippen molar-refractivity contribution in [3.05, 3.63) is 16.4 Å². The van der Waals surface area contributed by atoms with Gasteiger partial charge in [0.1, 0.15) is 5.01 Å². The fraction of sp³-hybridized carbons (Fsp3) is 0.643. The van der Waals surface area contributed by atoms with Crippen LogP contribution in [-0.4, -0.2) is 45.2 Å². The number of nitrogens with zero attached hydrogens (tertiary/aromatic N) is 4. The summed E-state index contributed by atoms with van der Waals surface area (Å²) in [4.78, 5) is 16.8. The van der Waals surface area contributed by atoms with Crippen molar-refractivity contribution in [2.24, 2.45) is 5.92 Å². The van der Waals surface area contributed by atoms with Crippen molar-refractivity contribution >= 4 is 22.2 Å². The molecule has 13 heteroatoms. The number of rotatable bonds is 5. The fourth-order valence-electron chi connectivity index (χ4n) is 3.06. The summed E-state index contributed by atoms with van der Waals surface area (Å²) in [5, 5.41) is 4.11. The molecular weight excluding hydrogens is 402 g/mol. The molecule has 0 spiro atoms. The van der Waals surface area contributed by atoms with E-state index in [0.717, 1.165) is 16.2 Å². The highest BCUT2D eigenvalue weighted by molar-refractivity contribution is 7.16. The first kappa shape index (κ1) is 19.9. The molecule has 1 aliphatic heterocycles. The first-order valence-electron chi connectivity index (χ1n) is 7.76. The van der Waals surface area contributed by atoms with E-state index in [9.17, 15) is 31.1 Å². The van der Waals surface area contributed by atoms with Crippen molar-refractivity contribution in [2.75, 3.05) is 13.7 Å². The van der Waals surface area contributed by atoms with Gasteiger partial charge in [-0.25, -0.2) is 4.98 Å². The maximum atomic E-state index is 13.5. The number of aromatic nitrogens is 3. The average molecular weight is 416 g/mol. The predicted octanol–water partition coefficient (Wildman–Crippen LogP) is 3.26. The second kappa shape index (κ2) is 6.93. The predicted molar refractivity (Wildman–Crippen MR) is 80.8 cm³/mol. The summed E-state index contributed by atoms with van der Waals surface area (Å²) < 4.78 is 83.5. The van der Waals surface area contributed by atoms with Crippen LogP contribution in [0.15, 0.2) is 0 Å². The molecule has 1 unspecified atom stereocenters. The zero-order valence-electron chi connectivity index (χ0n) is 13.9. The Labute approximate surface area is 152 Å². The van der Waals surface area contributed by atoms with E-state index in [1.165, 1.54) is 7.11 Å². The molecule has 1 atom stereocenters. The Hall–Kier alpha value is -1.89. The number of alkyl halides is 6. The quantitative estimate of drug-likeness (QED) is 0.703. The minimum absolute atomic E-state index is 0.0182. The Balaban J connectivity index is 1.86. The lowest BCUT2D eigenvalue weighted by Crippen LogP contribution is -2.27. The third-order valence-corrected chi connectivity index (χ3v) is 4.89. The Morgan fingerprint density at radius 1 is 1.26 bits per heavy atom. The third kappa shape index (κ3) is 4.34. The van der Waals surface area contributed by atoms with Crippen LogP contribution in [0.1, 0.15) is 29.2 Å². The molecule has 6 nitrogen and oxygen atoms in total. The fourth-order valence-corrected chi connectivity index (χ4v) is 3.94. The number of imidazole rings is 1. The normalized spacial score (nSPS) is 18.9. The van der Waals surface area contributed by atoms with E-state index < -0.39 is 48.5 Å². The molecule has 3 rings (SSSR count). The van der Waals surface area contributed by atoms with Gasteiger partial charge in [-0.05, 0) is 5.92 Å².